The first-order valence-electron chi connectivity index (χ1n) is 7.97. The van der Waals surface area contributed by atoms with Gasteiger partial charge in [0.15, 0.2) is 6.10 Å². The van der Waals surface area contributed by atoms with Gasteiger partial charge in [-0.15, -0.1) is 0 Å². The molecule has 0 bridgehead atoms. The first kappa shape index (κ1) is 19.4. The molecule has 1 fully saturated rings. The number of amides is 1. The second-order valence-corrected chi connectivity index (χ2v) is 7.66. The van der Waals surface area contributed by atoms with E-state index in [2.05, 4.69) is 4.72 Å². The quantitative estimate of drug-likeness (QED) is 0.741. The third-order valence-corrected chi connectivity index (χ3v) is 5.37. The Kier molecular flexibility index (Phi) is 6.15. The average Bonchev–Trinajstić information content (AvgIpc) is 2.54. The molecule has 0 spiro atoms. The van der Waals surface area contributed by atoms with Crippen molar-refractivity contribution in [2.45, 2.75) is 37.4 Å². The molecule has 1 aliphatic heterocycles. The van der Waals surface area contributed by atoms with E-state index >= 15 is 0 Å². The lowest BCUT2D eigenvalue weighted by molar-refractivity contribution is -0.166. The number of carbonyl (C=O) groups is 2. The van der Waals surface area contributed by atoms with Crippen molar-refractivity contribution in [3.8, 4) is 0 Å². The predicted molar refractivity (Wildman–Crippen MR) is 89.6 cm³/mol. The van der Waals surface area contributed by atoms with Gasteiger partial charge in [-0.2, -0.15) is 0 Å². The van der Waals surface area contributed by atoms with Crippen molar-refractivity contribution >= 4 is 21.9 Å². The number of benzene rings is 1. The largest absolute Gasteiger partial charge is 0.479 e. The van der Waals surface area contributed by atoms with Gasteiger partial charge in [-0.25, -0.2) is 17.9 Å². The lowest BCUT2D eigenvalue weighted by atomic mass is 10.1. The van der Waals surface area contributed by atoms with Crippen LogP contribution in [0.25, 0.3) is 0 Å². The lowest BCUT2D eigenvalue weighted by Gasteiger charge is -2.35. The second kappa shape index (κ2) is 7.94. The summed E-state index contributed by atoms with van der Waals surface area (Å²) in [5.41, 5.74) is 0.659. The van der Waals surface area contributed by atoms with Crippen LogP contribution in [0.1, 0.15) is 19.4 Å². The highest BCUT2D eigenvalue weighted by Gasteiger charge is 2.32. The van der Waals surface area contributed by atoms with Crippen LogP contribution in [0.4, 0.5) is 0 Å². The molecule has 1 amide bonds. The summed E-state index contributed by atoms with van der Waals surface area (Å²) >= 11 is 0. The number of hydrogen-bond donors (Lipinski definition) is 2. The van der Waals surface area contributed by atoms with Crippen LogP contribution in [0, 0.1) is 0 Å². The van der Waals surface area contributed by atoms with Gasteiger partial charge < -0.3 is 14.7 Å². The fraction of sp³-hybridized carbons (Fsp3) is 0.500. The minimum absolute atomic E-state index is 0.00535. The Balaban J connectivity index is 2.04. The predicted octanol–water partition coefficient (Wildman–Crippen LogP) is 0.228. The molecule has 8 nitrogen and oxygen atoms in total. The Morgan fingerprint density at radius 2 is 1.92 bits per heavy atom. The van der Waals surface area contributed by atoms with Crippen molar-refractivity contribution in [1.82, 2.24) is 9.62 Å². The molecule has 25 heavy (non-hydrogen) atoms. The summed E-state index contributed by atoms with van der Waals surface area (Å²) in [7, 11) is -3.53. The molecule has 2 N–H and O–H groups in total. The molecule has 138 valence electrons. The van der Waals surface area contributed by atoms with Gasteiger partial charge in [0.05, 0.1) is 24.0 Å². The number of carbonyl (C=O) groups excluding carboxylic acids is 1. The van der Waals surface area contributed by atoms with Crippen molar-refractivity contribution < 1.29 is 27.9 Å². The zero-order chi connectivity index (χ0) is 18.6. The van der Waals surface area contributed by atoms with E-state index in [1.807, 2.05) is 0 Å². The van der Waals surface area contributed by atoms with E-state index < -0.39 is 22.1 Å². The summed E-state index contributed by atoms with van der Waals surface area (Å²) in [5, 5.41) is 9.07. The number of nitrogens with zero attached hydrogens (tertiary/aromatic N) is 1. The standard InChI is InChI=1S/C16H22N2O6S/c1-3-17-25(22,23)13-6-4-12(5-7-13)8-15(19)18-9-11(2)24-14(10-18)16(20)21/h4-7,11,14,17H,3,8-10H2,1-2H3,(H,20,21)/t11-,14?/m1/s1. The van der Waals surface area contributed by atoms with E-state index in [0.29, 0.717) is 18.7 Å². The topological polar surface area (TPSA) is 113 Å². The van der Waals surface area contributed by atoms with E-state index in [1.165, 1.54) is 17.0 Å². The molecule has 2 rings (SSSR count). The monoisotopic (exact) mass is 370 g/mol. The highest BCUT2D eigenvalue weighted by Crippen LogP contribution is 2.15. The van der Waals surface area contributed by atoms with Crippen LogP contribution in [0.3, 0.4) is 0 Å². The molecule has 2 atom stereocenters. The number of aliphatic carboxylic acids is 1. The Morgan fingerprint density at radius 3 is 2.48 bits per heavy atom. The maximum absolute atomic E-state index is 12.4. The van der Waals surface area contributed by atoms with Gasteiger partial charge in [0.25, 0.3) is 0 Å². The minimum Gasteiger partial charge on any atom is -0.479 e. The summed E-state index contributed by atoms with van der Waals surface area (Å²) in [6.07, 6.45) is -1.31. The molecule has 1 aromatic rings. The maximum Gasteiger partial charge on any atom is 0.334 e. The average molecular weight is 370 g/mol. The van der Waals surface area contributed by atoms with Crippen LogP contribution in [0.2, 0.25) is 0 Å². The second-order valence-electron chi connectivity index (χ2n) is 5.89. The summed E-state index contributed by atoms with van der Waals surface area (Å²) in [6, 6.07) is 6.06. The van der Waals surface area contributed by atoms with Crippen LogP contribution in [0.15, 0.2) is 29.2 Å². The molecule has 0 aliphatic carbocycles. The number of sulfonamides is 1. The third kappa shape index (κ3) is 5.00. The Bertz CT molecular complexity index is 731. The van der Waals surface area contributed by atoms with Crippen LogP contribution in [-0.4, -0.2) is 62.1 Å². The van der Waals surface area contributed by atoms with Crippen molar-refractivity contribution in [1.29, 1.82) is 0 Å². The van der Waals surface area contributed by atoms with E-state index in [9.17, 15) is 18.0 Å². The highest BCUT2D eigenvalue weighted by molar-refractivity contribution is 7.89. The Labute approximate surface area is 146 Å². The molecule has 9 heteroatoms. The Morgan fingerprint density at radius 1 is 1.28 bits per heavy atom. The lowest BCUT2D eigenvalue weighted by Crippen LogP contribution is -2.52. The molecule has 1 aromatic carbocycles. The fourth-order valence-corrected chi connectivity index (χ4v) is 3.68. The van der Waals surface area contributed by atoms with Gasteiger partial charge in [0, 0.05) is 13.1 Å². The number of hydrogen-bond acceptors (Lipinski definition) is 5. The molecule has 0 radical (unpaired) electrons. The van der Waals surface area contributed by atoms with Gasteiger partial charge in [0.1, 0.15) is 0 Å². The van der Waals surface area contributed by atoms with Crippen molar-refractivity contribution in [2.24, 2.45) is 0 Å². The number of morpholine rings is 1. The van der Waals surface area contributed by atoms with Crippen LogP contribution in [0.5, 0.6) is 0 Å². The zero-order valence-electron chi connectivity index (χ0n) is 14.1. The molecule has 1 saturated heterocycles. The van der Waals surface area contributed by atoms with Crippen LogP contribution < -0.4 is 4.72 Å². The maximum atomic E-state index is 12.4. The van der Waals surface area contributed by atoms with Gasteiger partial charge in [-0.3, -0.25) is 4.79 Å². The van der Waals surface area contributed by atoms with E-state index in [-0.39, 0.29) is 29.9 Å². The van der Waals surface area contributed by atoms with Crippen molar-refractivity contribution in [2.75, 3.05) is 19.6 Å². The first-order chi connectivity index (χ1) is 11.7. The normalized spacial score (nSPS) is 21.1. The number of ether oxygens (including phenoxy) is 1. The smallest absolute Gasteiger partial charge is 0.334 e. The van der Waals surface area contributed by atoms with Gasteiger partial charge >= 0.3 is 5.97 Å². The molecule has 1 heterocycles. The summed E-state index contributed by atoms with van der Waals surface area (Å²) in [6.45, 7) is 4.04. The van der Waals surface area contributed by atoms with Crippen molar-refractivity contribution in [3.05, 3.63) is 29.8 Å². The summed E-state index contributed by atoms with van der Waals surface area (Å²) in [5.74, 6) is -1.31. The molecule has 0 aromatic heterocycles. The van der Waals surface area contributed by atoms with Gasteiger partial charge in [0.2, 0.25) is 15.9 Å². The summed E-state index contributed by atoms with van der Waals surface area (Å²) < 4.78 is 31.5. The highest BCUT2D eigenvalue weighted by atomic mass is 32.2. The molecular formula is C16H22N2O6S. The van der Waals surface area contributed by atoms with Crippen LogP contribution in [-0.2, 0) is 30.8 Å². The number of carboxylic acid groups (broad SMARTS) is 1. The van der Waals surface area contributed by atoms with Crippen LogP contribution >= 0.6 is 0 Å². The summed E-state index contributed by atoms with van der Waals surface area (Å²) in [4.78, 5) is 25.1. The zero-order valence-corrected chi connectivity index (χ0v) is 15.0. The third-order valence-electron chi connectivity index (χ3n) is 3.81. The SMILES string of the molecule is CCNS(=O)(=O)c1ccc(CC(=O)N2CC(C(=O)O)O[C@H](C)C2)cc1. The first-order valence-corrected chi connectivity index (χ1v) is 9.46. The molecule has 1 aliphatic rings. The number of carboxylic acids is 1. The Hall–Kier alpha value is -1.97. The molecular weight excluding hydrogens is 348 g/mol. The minimum atomic E-state index is -3.53. The van der Waals surface area contributed by atoms with E-state index in [1.54, 1.807) is 26.0 Å². The number of rotatable bonds is 6. The molecule has 0 saturated carbocycles. The van der Waals surface area contributed by atoms with Gasteiger partial charge in [-0.1, -0.05) is 19.1 Å². The van der Waals surface area contributed by atoms with Crippen molar-refractivity contribution in [3.63, 3.8) is 0 Å². The van der Waals surface area contributed by atoms with Gasteiger partial charge in [-0.05, 0) is 24.6 Å². The fourth-order valence-electron chi connectivity index (χ4n) is 2.64. The molecule has 1 unspecified atom stereocenters. The van der Waals surface area contributed by atoms with E-state index in [0.717, 1.165) is 0 Å². The van der Waals surface area contributed by atoms with E-state index in [4.69, 9.17) is 9.84 Å². The number of nitrogens with one attached hydrogen (secondary N) is 1.